The fourth-order valence-corrected chi connectivity index (χ4v) is 4.05. The maximum Gasteiger partial charge on any atom is 0.107 e. The van der Waals surface area contributed by atoms with Gasteiger partial charge in [-0.05, 0) is 55.8 Å². The van der Waals surface area contributed by atoms with Crippen LogP contribution in [0.2, 0.25) is 5.02 Å². The second kappa shape index (κ2) is 9.76. The highest BCUT2D eigenvalue weighted by molar-refractivity contribution is 7.99. The molecular formula is C20H25ClN4S. The molecule has 0 aliphatic carbocycles. The zero-order valence-corrected chi connectivity index (χ0v) is 17.2. The summed E-state index contributed by atoms with van der Waals surface area (Å²) in [6.07, 6.45) is 3.66. The third-order valence-corrected chi connectivity index (χ3v) is 5.13. The Hall–Kier alpha value is -1.82. The Balaban J connectivity index is 0.00000117. The van der Waals surface area contributed by atoms with Crippen LogP contribution in [0.15, 0.2) is 58.7 Å². The van der Waals surface area contributed by atoms with Crippen molar-refractivity contribution in [3.63, 3.8) is 0 Å². The number of halogens is 1. The molecule has 2 heterocycles. The van der Waals surface area contributed by atoms with Gasteiger partial charge in [-0.2, -0.15) is 0 Å². The van der Waals surface area contributed by atoms with Crippen molar-refractivity contribution in [1.29, 1.82) is 0 Å². The van der Waals surface area contributed by atoms with Crippen LogP contribution in [-0.2, 0) is 6.54 Å². The van der Waals surface area contributed by atoms with Gasteiger partial charge >= 0.3 is 0 Å². The summed E-state index contributed by atoms with van der Waals surface area (Å²) in [5, 5.41) is 1.93. The van der Waals surface area contributed by atoms with Crippen LogP contribution in [0.3, 0.4) is 0 Å². The minimum absolute atomic E-state index is 0.365. The monoisotopic (exact) mass is 388 g/mol. The average Bonchev–Trinajstić information content (AvgIpc) is 2.94. The molecule has 4 nitrogen and oxygen atoms in total. The van der Waals surface area contributed by atoms with Crippen molar-refractivity contribution in [2.45, 2.75) is 43.2 Å². The Kier molecular flexibility index (Phi) is 7.69. The van der Waals surface area contributed by atoms with Gasteiger partial charge in [0.05, 0.1) is 5.69 Å². The number of aryl methyl sites for hydroxylation is 1. The van der Waals surface area contributed by atoms with Crippen LogP contribution in [0.1, 0.15) is 36.8 Å². The minimum atomic E-state index is 0.365. The molecule has 3 aromatic rings. The molecule has 0 bridgehead atoms. The summed E-state index contributed by atoms with van der Waals surface area (Å²) >= 11 is 7.87. The number of aromatic nitrogens is 3. The first-order valence-electron chi connectivity index (χ1n) is 8.51. The second-order valence-corrected chi connectivity index (χ2v) is 7.50. The lowest BCUT2D eigenvalue weighted by molar-refractivity contribution is 0.689. The number of hydrogen-bond donors (Lipinski definition) is 1. The fraction of sp³-hybridized carbons (Fsp3) is 0.300. The summed E-state index contributed by atoms with van der Waals surface area (Å²) in [7, 11) is 1.50. The SMILES string of the molecule is CN.Cc1nc(C(C)C)c(Sc2cccc(Cl)c2)n1Cc1ccncc1. The molecule has 0 aliphatic rings. The van der Waals surface area contributed by atoms with Crippen molar-refractivity contribution < 1.29 is 0 Å². The van der Waals surface area contributed by atoms with Crippen LogP contribution in [0, 0.1) is 6.92 Å². The van der Waals surface area contributed by atoms with Crippen LogP contribution in [0.25, 0.3) is 0 Å². The maximum atomic E-state index is 6.15. The van der Waals surface area contributed by atoms with Gasteiger partial charge in [0.25, 0.3) is 0 Å². The molecule has 0 saturated carbocycles. The molecular weight excluding hydrogens is 364 g/mol. The van der Waals surface area contributed by atoms with Crippen molar-refractivity contribution in [2.24, 2.45) is 5.73 Å². The Labute approximate surface area is 164 Å². The number of pyridine rings is 1. The Morgan fingerprint density at radius 1 is 1.15 bits per heavy atom. The van der Waals surface area contributed by atoms with E-state index in [4.69, 9.17) is 16.6 Å². The van der Waals surface area contributed by atoms with E-state index in [9.17, 15) is 0 Å². The predicted octanol–water partition coefficient (Wildman–Crippen LogP) is 5.14. The number of nitrogens with two attached hydrogens (primary N) is 1. The van der Waals surface area contributed by atoms with Gasteiger partial charge in [0.2, 0.25) is 0 Å². The molecule has 0 aliphatic heterocycles. The van der Waals surface area contributed by atoms with Crippen molar-refractivity contribution in [1.82, 2.24) is 14.5 Å². The number of rotatable bonds is 5. The van der Waals surface area contributed by atoms with Gasteiger partial charge in [0.15, 0.2) is 0 Å². The van der Waals surface area contributed by atoms with Crippen LogP contribution in [0.5, 0.6) is 0 Å². The van der Waals surface area contributed by atoms with Crippen molar-refractivity contribution >= 4 is 23.4 Å². The minimum Gasteiger partial charge on any atom is -0.333 e. The Morgan fingerprint density at radius 3 is 2.46 bits per heavy atom. The summed E-state index contributed by atoms with van der Waals surface area (Å²) in [5.74, 6) is 1.39. The summed E-state index contributed by atoms with van der Waals surface area (Å²) < 4.78 is 2.27. The van der Waals surface area contributed by atoms with E-state index in [1.54, 1.807) is 11.8 Å². The Morgan fingerprint density at radius 2 is 1.85 bits per heavy atom. The first kappa shape index (κ1) is 20.5. The molecule has 0 fully saturated rings. The molecule has 0 unspecified atom stereocenters. The summed E-state index contributed by atoms with van der Waals surface area (Å²) in [6.45, 7) is 7.22. The number of hydrogen-bond acceptors (Lipinski definition) is 4. The van der Waals surface area contributed by atoms with Crippen LogP contribution >= 0.6 is 23.4 Å². The smallest absolute Gasteiger partial charge is 0.107 e. The van der Waals surface area contributed by atoms with Gasteiger partial charge in [-0.25, -0.2) is 4.98 Å². The first-order valence-corrected chi connectivity index (χ1v) is 9.71. The third kappa shape index (κ3) is 5.10. The van der Waals surface area contributed by atoms with E-state index in [-0.39, 0.29) is 0 Å². The van der Waals surface area contributed by atoms with Gasteiger partial charge < -0.3 is 10.3 Å². The van der Waals surface area contributed by atoms with Crippen molar-refractivity contribution in [3.8, 4) is 0 Å². The van der Waals surface area contributed by atoms with E-state index in [0.29, 0.717) is 5.92 Å². The molecule has 2 aromatic heterocycles. The van der Waals surface area contributed by atoms with E-state index in [1.165, 1.54) is 17.6 Å². The molecule has 0 radical (unpaired) electrons. The molecule has 1 aromatic carbocycles. The van der Waals surface area contributed by atoms with Crippen LogP contribution in [-0.4, -0.2) is 21.6 Å². The lowest BCUT2D eigenvalue weighted by Gasteiger charge is -2.12. The highest BCUT2D eigenvalue weighted by Gasteiger charge is 2.18. The number of nitrogens with zero attached hydrogens (tertiary/aromatic N) is 3. The largest absolute Gasteiger partial charge is 0.333 e. The second-order valence-electron chi connectivity index (χ2n) is 6.01. The summed E-state index contributed by atoms with van der Waals surface area (Å²) in [5.41, 5.74) is 6.85. The first-order chi connectivity index (χ1) is 12.5. The lowest BCUT2D eigenvalue weighted by Crippen LogP contribution is -2.04. The van der Waals surface area contributed by atoms with Gasteiger partial charge in [0.1, 0.15) is 10.9 Å². The van der Waals surface area contributed by atoms with Gasteiger partial charge in [0, 0.05) is 28.9 Å². The molecule has 138 valence electrons. The third-order valence-electron chi connectivity index (χ3n) is 3.78. The molecule has 26 heavy (non-hydrogen) atoms. The topological polar surface area (TPSA) is 56.7 Å². The van der Waals surface area contributed by atoms with Gasteiger partial charge in [-0.3, -0.25) is 4.98 Å². The lowest BCUT2D eigenvalue weighted by atomic mass is 10.1. The fourth-order valence-electron chi connectivity index (χ4n) is 2.55. The maximum absolute atomic E-state index is 6.15. The van der Waals surface area contributed by atoms with E-state index >= 15 is 0 Å². The average molecular weight is 389 g/mol. The molecule has 0 spiro atoms. The molecule has 0 atom stereocenters. The molecule has 3 rings (SSSR count). The van der Waals surface area contributed by atoms with E-state index in [1.807, 2.05) is 42.7 Å². The van der Waals surface area contributed by atoms with Gasteiger partial charge in [-0.1, -0.05) is 43.3 Å². The highest BCUT2D eigenvalue weighted by Crippen LogP contribution is 2.36. The summed E-state index contributed by atoms with van der Waals surface area (Å²) in [6, 6.07) is 12.0. The van der Waals surface area contributed by atoms with Gasteiger partial charge in [-0.15, -0.1) is 0 Å². The number of imidazole rings is 1. The Bertz CT molecular complexity index is 831. The molecule has 2 N–H and O–H groups in total. The van der Waals surface area contributed by atoms with E-state index in [2.05, 4.69) is 42.1 Å². The predicted molar refractivity (Wildman–Crippen MR) is 110 cm³/mol. The van der Waals surface area contributed by atoms with Crippen LogP contribution in [0.4, 0.5) is 0 Å². The molecule has 6 heteroatoms. The molecule has 0 saturated heterocycles. The van der Waals surface area contributed by atoms with E-state index in [0.717, 1.165) is 28.0 Å². The zero-order chi connectivity index (χ0) is 19.1. The normalized spacial score (nSPS) is 10.6. The van der Waals surface area contributed by atoms with Crippen molar-refractivity contribution in [2.75, 3.05) is 7.05 Å². The summed E-state index contributed by atoms with van der Waals surface area (Å²) in [4.78, 5) is 10.0. The molecule has 0 amide bonds. The van der Waals surface area contributed by atoms with E-state index < -0.39 is 0 Å². The highest BCUT2D eigenvalue weighted by atomic mass is 35.5. The zero-order valence-electron chi connectivity index (χ0n) is 15.6. The van der Waals surface area contributed by atoms with Crippen molar-refractivity contribution in [3.05, 3.63) is 70.9 Å². The van der Waals surface area contributed by atoms with Crippen LogP contribution < -0.4 is 5.73 Å². The standard InChI is InChI=1S/C19H20ClN3S.CH5N/c1-13(2)18-19(24-17-6-4-5-16(20)11-17)23(14(3)22-18)12-15-7-9-21-10-8-15;1-2/h4-11,13H,12H2,1-3H3;2H2,1H3. The number of benzene rings is 1. The quantitative estimate of drug-likeness (QED) is 0.657.